The molecule has 0 heterocycles. The Labute approximate surface area is 163 Å². The lowest BCUT2D eigenvalue weighted by Crippen LogP contribution is -2.36. The van der Waals surface area contributed by atoms with Crippen LogP contribution >= 0.6 is 15.9 Å². The van der Waals surface area contributed by atoms with Crippen LogP contribution in [-0.2, 0) is 10.0 Å². The maximum atomic E-state index is 13.0. The molecule has 0 aliphatic carbocycles. The number of halogens is 1. The number of hydrogen-bond donors (Lipinski definition) is 0. The number of allylic oxidation sites excluding steroid dienone is 1. The Morgan fingerprint density at radius 3 is 2.15 bits per heavy atom. The van der Waals surface area contributed by atoms with Gasteiger partial charge >= 0.3 is 0 Å². The smallest absolute Gasteiger partial charge is 0.243 e. The fraction of sp³-hybridized carbons (Fsp3) is 0.250. The van der Waals surface area contributed by atoms with Gasteiger partial charge in [-0.1, -0.05) is 57.4 Å². The van der Waals surface area contributed by atoms with E-state index in [1.165, 1.54) is 4.31 Å². The van der Waals surface area contributed by atoms with E-state index in [9.17, 15) is 13.2 Å². The number of carbonyl (C=O) groups is 1. The first-order valence-electron chi connectivity index (χ1n) is 8.19. The molecule has 0 fully saturated rings. The molecule has 0 amide bonds. The number of nitrogens with zero attached hydrogens (tertiary/aromatic N) is 1. The molecule has 0 saturated carbocycles. The fourth-order valence-corrected chi connectivity index (χ4v) is 3.88. The number of Topliss-reactive ketones (excluding diaryl/α,β-unsaturated/α-hetero) is 1. The van der Waals surface area contributed by atoms with Gasteiger partial charge in [0.1, 0.15) is 0 Å². The minimum absolute atomic E-state index is 0.154. The quantitative estimate of drug-likeness (QED) is 0.471. The molecule has 0 N–H and O–H groups in total. The number of carbonyl (C=O) groups excluding carboxylic acids is 1. The van der Waals surface area contributed by atoms with Crippen molar-refractivity contribution in [1.82, 2.24) is 4.31 Å². The molecule has 2 aromatic rings. The molecule has 0 aliphatic heterocycles. The third kappa shape index (κ3) is 5.37. The second-order valence-corrected chi connectivity index (χ2v) is 9.18. The van der Waals surface area contributed by atoms with Crippen molar-refractivity contribution in [2.75, 3.05) is 13.1 Å². The summed E-state index contributed by atoms with van der Waals surface area (Å²) in [5.41, 5.74) is 2.45. The third-order valence-electron chi connectivity index (χ3n) is 3.85. The Kier molecular flexibility index (Phi) is 6.92. The molecule has 0 spiro atoms. The SMILES string of the molecule is CC(C)=CCN(CC(=O)c1ccc(Br)cc1)S(=O)(=O)c1ccc(C)cc1. The minimum atomic E-state index is -3.77. The van der Waals surface area contributed by atoms with Crippen LogP contribution in [0.2, 0.25) is 0 Å². The summed E-state index contributed by atoms with van der Waals surface area (Å²) in [6, 6.07) is 13.6. The molecule has 26 heavy (non-hydrogen) atoms. The van der Waals surface area contributed by atoms with Crippen LogP contribution in [0.15, 0.2) is 69.5 Å². The Morgan fingerprint density at radius 2 is 1.62 bits per heavy atom. The topological polar surface area (TPSA) is 54.5 Å². The van der Waals surface area contributed by atoms with Crippen LogP contribution in [0, 0.1) is 6.92 Å². The summed E-state index contributed by atoms with van der Waals surface area (Å²) in [5.74, 6) is -0.240. The second kappa shape index (κ2) is 8.75. The first-order chi connectivity index (χ1) is 12.2. The monoisotopic (exact) mass is 435 g/mol. The molecule has 0 bridgehead atoms. The summed E-state index contributed by atoms with van der Waals surface area (Å²) in [4.78, 5) is 12.8. The minimum Gasteiger partial charge on any atom is -0.293 e. The summed E-state index contributed by atoms with van der Waals surface area (Å²) in [6.45, 7) is 5.64. The predicted octanol–water partition coefficient (Wildman–Crippen LogP) is 4.60. The Bertz CT molecular complexity index is 897. The lowest BCUT2D eigenvalue weighted by atomic mass is 10.1. The van der Waals surface area contributed by atoms with E-state index in [0.717, 1.165) is 15.6 Å². The number of benzene rings is 2. The van der Waals surface area contributed by atoms with Crippen molar-refractivity contribution < 1.29 is 13.2 Å². The second-order valence-electron chi connectivity index (χ2n) is 6.32. The molecule has 2 aromatic carbocycles. The lowest BCUT2D eigenvalue weighted by Gasteiger charge is -2.20. The van der Waals surface area contributed by atoms with Gasteiger partial charge < -0.3 is 0 Å². The van der Waals surface area contributed by atoms with E-state index in [1.807, 2.05) is 20.8 Å². The van der Waals surface area contributed by atoms with Gasteiger partial charge in [0, 0.05) is 16.6 Å². The van der Waals surface area contributed by atoms with Crippen molar-refractivity contribution in [2.24, 2.45) is 0 Å². The molecule has 0 atom stereocenters. The van der Waals surface area contributed by atoms with Gasteiger partial charge in [0.25, 0.3) is 0 Å². The Hall–Kier alpha value is -1.76. The van der Waals surface area contributed by atoms with Gasteiger partial charge in [-0.25, -0.2) is 8.42 Å². The van der Waals surface area contributed by atoms with Crippen LogP contribution in [-0.4, -0.2) is 31.6 Å². The van der Waals surface area contributed by atoms with E-state index < -0.39 is 10.0 Å². The standard InChI is InChI=1S/C20H22BrNO3S/c1-15(2)12-13-22(14-20(23)17-6-8-18(21)9-7-17)26(24,25)19-10-4-16(3)5-11-19/h4-12H,13-14H2,1-3H3. The first-order valence-corrected chi connectivity index (χ1v) is 10.4. The Balaban J connectivity index is 2.33. The molecular weight excluding hydrogens is 414 g/mol. The molecule has 2 rings (SSSR count). The van der Waals surface area contributed by atoms with Gasteiger partial charge in [-0.05, 0) is 45.0 Å². The van der Waals surface area contributed by atoms with Crippen molar-refractivity contribution >= 4 is 31.7 Å². The molecule has 0 aromatic heterocycles. The summed E-state index contributed by atoms with van der Waals surface area (Å²) < 4.78 is 28.1. The van der Waals surface area contributed by atoms with Crippen LogP contribution < -0.4 is 0 Å². The van der Waals surface area contributed by atoms with Crippen LogP contribution in [0.25, 0.3) is 0 Å². The van der Waals surface area contributed by atoms with Crippen LogP contribution in [0.3, 0.4) is 0 Å². The summed E-state index contributed by atoms with van der Waals surface area (Å²) in [5, 5.41) is 0. The number of aryl methyl sites for hydroxylation is 1. The van der Waals surface area contributed by atoms with Crippen molar-refractivity contribution in [3.63, 3.8) is 0 Å². The van der Waals surface area contributed by atoms with E-state index in [1.54, 1.807) is 54.6 Å². The molecule has 6 heteroatoms. The maximum Gasteiger partial charge on any atom is 0.243 e. The van der Waals surface area contributed by atoms with Crippen molar-refractivity contribution in [3.05, 3.63) is 75.8 Å². The summed E-state index contributed by atoms with van der Waals surface area (Å²) >= 11 is 3.33. The van der Waals surface area contributed by atoms with Gasteiger partial charge in [-0.3, -0.25) is 4.79 Å². The highest BCUT2D eigenvalue weighted by atomic mass is 79.9. The molecule has 0 saturated heterocycles. The number of ketones is 1. The molecule has 0 radical (unpaired) electrons. The predicted molar refractivity (Wildman–Crippen MR) is 108 cm³/mol. The van der Waals surface area contributed by atoms with Gasteiger partial charge in [0.2, 0.25) is 10.0 Å². The largest absolute Gasteiger partial charge is 0.293 e. The van der Waals surface area contributed by atoms with Crippen molar-refractivity contribution in [1.29, 1.82) is 0 Å². The van der Waals surface area contributed by atoms with Gasteiger partial charge in [0.05, 0.1) is 11.4 Å². The molecular formula is C20H22BrNO3S. The number of hydrogen-bond acceptors (Lipinski definition) is 3. The highest BCUT2D eigenvalue weighted by Gasteiger charge is 2.26. The summed E-state index contributed by atoms with van der Waals surface area (Å²) in [6.07, 6.45) is 1.81. The average Bonchev–Trinajstić information content (AvgIpc) is 2.59. The zero-order chi connectivity index (χ0) is 19.3. The highest BCUT2D eigenvalue weighted by Crippen LogP contribution is 2.18. The third-order valence-corrected chi connectivity index (χ3v) is 6.20. The zero-order valence-corrected chi connectivity index (χ0v) is 17.5. The molecule has 4 nitrogen and oxygen atoms in total. The zero-order valence-electron chi connectivity index (χ0n) is 15.1. The van der Waals surface area contributed by atoms with Gasteiger partial charge in [-0.2, -0.15) is 4.31 Å². The van der Waals surface area contributed by atoms with Crippen LogP contribution in [0.4, 0.5) is 0 Å². The van der Waals surface area contributed by atoms with E-state index in [4.69, 9.17) is 0 Å². The molecule has 0 aliphatic rings. The van der Waals surface area contributed by atoms with Crippen LogP contribution in [0.1, 0.15) is 29.8 Å². The maximum absolute atomic E-state index is 13.0. The van der Waals surface area contributed by atoms with Gasteiger partial charge in [0.15, 0.2) is 5.78 Å². The molecule has 0 unspecified atom stereocenters. The van der Waals surface area contributed by atoms with Gasteiger partial charge in [-0.15, -0.1) is 0 Å². The van der Waals surface area contributed by atoms with E-state index in [0.29, 0.717) is 5.56 Å². The number of rotatable bonds is 7. The lowest BCUT2D eigenvalue weighted by molar-refractivity contribution is 0.0969. The van der Waals surface area contributed by atoms with Crippen molar-refractivity contribution in [2.45, 2.75) is 25.7 Å². The van der Waals surface area contributed by atoms with Crippen molar-refractivity contribution in [3.8, 4) is 0 Å². The Morgan fingerprint density at radius 1 is 1.04 bits per heavy atom. The van der Waals surface area contributed by atoms with E-state index in [-0.39, 0.29) is 23.8 Å². The van der Waals surface area contributed by atoms with E-state index in [2.05, 4.69) is 15.9 Å². The normalized spacial score (nSPS) is 11.4. The molecule has 138 valence electrons. The highest BCUT2D eigenvalue weighted by molar-refractivity contribution is 9.10. The fourth-order valence-electron chi connectivity index (χ4n) is 2.28. The first kappa shape index (κ1) is 20.6. The summed E-state index contributed by atoms with van der Waals surface area (Å²) in [7, 11) is -3.77. The van der Waals surface area contributed by atoms with Crippen LogP contribution in [0.5, 0.6) is 0 Å². The van der Waals surface area contributed by atoms with E-state index >= 15 is 0 Å². The average molecular weight is 436 g/mol. The number of sulfonamides is 1.